The van der Waals surface area contributed by atoms with E-state index in [1.807, 2.05) is 7.05 Å². The van der Waals surface area contributed by atoms with Crippen molar-refractivity contribution in [3.8, 4) is 0 Å². The number of hydrogen-bond acceptors (Lipinski definition) is 6. The number of likely N-dealkylation sites (N-methyl/N-ethyl adjacent to an activating group) is 1. The summed E-state index contributed by atoms with van der Waals surface area (Å²) < 4.78 is 5.07. The van der Waals surface area contributed by atoms with Crippen LogP contribution < -0.4 is 10.6 Å². The van der Waals surface area contributed by atoms with Gasteiger partial charge >= 0.3 is 0 Å². The molecule has 0 radical (unpaired) electrons. The van der Waals surface area contributed by atoms with Crippen molar-refractivity contribution in [2.75, 3.05) is 58.1 Å². The van der Waals surface area contributed by atoms with Crippen LogP contribution in [-0.2, 0) is 4.74 Å². The highest BCUT2D eigenvalue weighted by Crippen LogP contribution is 2.27. The number of ether oxygens (including phenoxy) is 1. The van der Waals surface area contributed by atoms with Gasteiger partial charge in [-0.3, -0.25) is 0 Å². The molecule has 0 bridgehead atoms. The normalized spacial score (nSPS) is 11.2. The Kier molecular flexibility index (Phi) is 7.25. The second kappa shape index (κ2) is 8.71. The molecule has 0 spiro atoms. The number of methoxy groups -OCH3 is 1. The first-order chi connectivity index (χ1) is 9.60. The average Bonchev–Trinajstić information content (AvgIpc) is 2.44. The quantitative estimate of drug-likeness (QED) is 0.717. The fraction of sp³-hybridized carbons (Fsp3) is 0.714. The van der Waals surface area contributed by atoms with E-state index in [9.17, 15) is 0 Å². The number of hydrogen-bond donors (Lipinski definition) is 2. The molecule has 20 heavy (non-hydrogen) atoms. The largest absolute Gasteiger partial charge is 0.383 e. The zero-order valence-corrected chi connectivity index (χ0v) is 13.2. The SMILES string of the molecule is CNc1ncnc(NCCN(C)CCOC)c1C(C)C. The second-order valence-corrected chi connectivity index (χ2v) is 5.11. The van der Waals surface area contributed by atoms with Crippen LogP contribution in [0.4, 0.5) is 11.6 Å². The van der Waals surface area contributed by atoms with Crippen LogP contribution in [0.3, 0.4) is 0 Å². The van der Waals surface area contributed by atoms with Gasteiger partial charge in [-0.1, -0.05) is 13.8 Å². The lowest BCUT2D eigenvalue weighted by Gasteiger charge is -2.19. The minimum atomic E-state index is 0.368. The van der Waals surface area contributed by atoms with E-state index >= 15 is 0 Å². The molecule has 6 nitrogen and oxygen atoms in total. The maximum Gasteiger partial charge on any atom is 0.135 e. The highest BCUT2D eigenvalue weighted by Gasteiger charge is 2.13. The molecule has 114 valence electrons. The first-order valence-corrected chi connectivity index (χ1v) is 7.04. The molecule has 0 saturated heterocycles. The molecule has 0 aromatic carbocycles. The summed E-state index contributed by atoms with van der Waals surface area (Å²) in [5.41, 5.74) is 1.13. The standard InChI is InChI=1S/C14H27N5O/c1-11(2)12-13(15-3)17-10-18-14(12)16-6-7-19(4)8-9-20-5/h10-11H,6-9H2,1-5H3,(H2,15,16,17,18). The molecule has 1 aromatic rings. The van der Waals surface area contributed by atoms with E-state index in [1.165, 1.54) is 0 Å². The van der Waals surface area contributed by atoms with Crippen molar-refractivity contribution < 1.29 is 4.74 Å². The van der Waals surface area contributed by atoms with Crippen molar-refractivity contribution in [3.05, 3.63) is 11.9 Å². The number of aromatic nitrogens is 2. The van der Waals surface area contributed by atoms with E-state index in [0.29, 0.717) is 5.92 Å². The number of nitrogens with one attached hydrogen (secondary N) is 2. The van der Waals surface area contributed by atoms with Gasteiger partial charge in [-0.15, -0.1) is 0 Å². The molecule has 1 heterocycles. The van der Waals surface area contributed by atoms with Crippen molar-refractivity contribution in [2.24, 2.45) is 0 Å². The predicted octanol–water partition coefficient (Wildman–Crippen LogP) is 1.63. The zero-order valence-electron chi connectivity index (χ0n) is 13.2. The van der Waals surface area contributed by atoms with Crippen LogP contribution in [0.5, 0.6) is 0 Å². The fourth-order valence-corrected chi connectivity index (χ4v) is 2.01. The summed E-state index contributed by atoms with van der Waals surface area (Å²) in [6.45, 7) is 7.77. The third-order valence-corrected chi connectivity index (χ3v) is 3.16. The molecule has 2 N–H and O–H groups in total. The molecule has 1 rings (SSSR count). The molecular formula is C14H27N5O. The molecule has 0 aliphatic heterocycles. The van der Waals surface area contributed by atoms with Gasteiger partial charge in [-0.2, -0.15) is 0 Å². The van der Waals surface area contributed by atoms with Gasteiger partial charge < -0.3 is 20.3 Å². The van der Waals surface area contributed by atoms with Crippen LogP contribution >= 0.6 is 0 Å². The Morgan fingerprint density at radius 1 is 1.25 bits per heavy atom. The van der Waals surface area contributed by atoms with Gasteiger partial charge in [0.1, 0.15) is 18.0 Å². The Morgan fingerprint density at radius 3 is 2.55 bits per heavy atom. The maximum absolute atomic E-state index is 5.07. The van der Waals surface area contributed by atoms with Gasteiger partial charge in [0, 0.05) is 39.4 Å². The first kappa shape index (κ1) is 16.7. The monoisotopic (exact) mass is 281 g/mol. The summed E-state index contributed by atoms with van der Waals surface area (Å²) in [6.07, 6.45) is 1.59. The molecule has 1 aromatic heterocycles. The molecule has 6 heteroatoms. The van der Waals surface area contributed by atoms with Crippen LogP contribution in [0.2, 0.25) is 0 Å². The van der Waals surface area contributed by atoms with Crippen molar-refractivity contribution in [1.29, 1.82) is 0 Å². The Hall–Kier alpha value is -1.40. The van der Waals surface area contributed by atoms with Crippen molar-refractivity contribution in [1.82, 2.24) is 14.9 Å². The minimum absolute atomic E-state index is 0.368. The molecule has 0 atom stereocenters. The lowest BCUT2D eigenvalue weighted by atomic mass is 10.0. The van der Waals surface area contributed by atoms with E-state index in [2.05, 4.69) is 46.4 Å². The second-order valence-electron chi connectivity index (χ2n) is 5.11. The van der Waals surface area contributed by atoms with Crippen molar-refractivity contribution >= 4 is 11.6 Å². The summed E-state index contributed by atoms with van der Waals surface area (Å²) in [6, 6.07) is 0. The zero-order chi connectivity index (χ0) is 15.0. The van der Waals surface area contributed by atoms with Gasteiger partial charge in [0.05, 0.1) is 6.61 Å². The van der Waals surface area contributed by atoms with E-state index in [-0.39, 0.29) is 0 Å². The number of rotatable bonds is 9. The summed E-state index contributed by atoms with van der Waals surface area (Å²) in [7, 11) is 5.70. The summed E-state index contributed by atoms with van der Waals surface area (Å²) in [5.74, 6) is 2.18. The van der Waals surface area contributed by atoms with Crippen LogP contribution in [0.25, 0.3) is 0 Å². The first-order valence-electron chi connectivity index (χ1n) is 7.04. The molecular weight excluding hydrogens is 254 g/mol. The Bertz CT molecular complexity index is 397. The highest BCUT2D eigenvalue weighted by molar-refractivity contribution is 5.58. The van der Waals surface area contributed by atoms with Crippen molar-refractivity contribution in [2.45, 2.75) is 19.8 Å². The molecule has 0 fully saturated rings. The van der Waals surface area contributed by atoms with Crippen LogP contribution in [0.1, 0.15) is 25.3 Å². The summed E-state index contributed by atoms with van der Waals surface area (Å²) in [4.78, 5) is 10.9. The third kappa shape index (κ3) is 4.94. The molecule has 0 amide bonds. The van der Waals surface area contributed by atoms with Gasteiger partial charge in [-0.25, -0.2) is 9.97 Å². The third-order valence-electron chi connectivity index (χ3n) is 3.16. The molecule has 0 unspecified atom stereocenters. The summed E-state index contributed by atoms with van der Waals surface area (Å²) >= 11 is 0. The van der Waals surface area contributed by atoms with Crippen molar-refractivity contribution in [3.63, 3.8) is 0 Å². The topological polar surface area (TPSA) is 62.3 Å². The van der Waals surface area contributed by atoms with Gasteiger partial charge in [0.15, 0.2) is 0 Å². The Morgan fingerprint density at radius 2 is 1.95 bits per heavy atom. The lowest BCUT2D eigenvalue weighted by Crippen LogP contribution is -2.28. The fourth-order valence-electron chi connectivity index (χ4n) is 2.01. The molecule has 0 aliphatic carbocycles. The lowest BCUT2D eigenvalue weighted by molar-refractivity contribution is 0.163. The van der Waals surface area contributed by atoms with E-state index in [4.69, 9.17) is 4.74 Å². The van der Waals surface area contributed by atoms with E-state index in [1.54, 1.807) is 13.4 Å². The van der Waals surface area contributed by atoms with Gasteiger partial charge in [0.25, 0.3) is 0 Å². The summed E-state index contributed by atoms with van der Waals surface area (Å²) in [5, 5.41) is 6.53. The van der Waals surface area contributed by atoms with Crippen LogP contribution in [-0.4, -0.2) is 62.3 Å². The predicted molar refractivity (Wildman–Crippen MR) is 83.5 cm³/mol. The number of nitrogens with zero attached hydrogens (tertiary/aromatic N) is 3. The minimum Gasteiger partial charge on any atom is -0.383 e. The molecule has 0 saturated carbocycles. The Labute approximate surface area is 121 Å². The van der Waals surface area contributed by atoms with Crippen LogP contribution in [0.15, 0.2) is 6.33 Å². The average molecular weight is 281 g/mol. The van der Waals surface area contributed by atoms with Gasteiger partial charge in [-0.05, 0) is 13.0 Å². The highest BCUT2D eigenvalue weighted by atomic mass is 16.5. The Balaban J connectivity index is 2.59. The van der Waals surface area contributed by atoms with E-state index in [0.717, 1.165) is 43.4 Å². The van der Waals surface area contributed by atoms with Crippen LogP contribution in [0, 0.1) is 0 Å². The molecule has 0 aliphatic rings. The number of anilines is 2. The maximum atomic E-state index is 5.07. The smallest absolute Gasteiger partial charge is 0.135 e. The van der Waals surface area contributed by atoms with E-state index < -0.39 is 0 Å². The van der Waals surface area contributed by atoms with Gasteiger partial charge in [0.2, 0.25) is 0 Å².